The van der Waals surface area contributed by atoms with Crippen LogP contribution in [0.25, 0.3) is 0 Å². The monoisotopic (exact) mass is 378 g/mol. The molecule has 1 saturated carbocycles. The first-order chi connectivity index (χ1) is 11.6. The van der Waals surface area contributed by atoms with Crippen molar-refractivity contribution in [3.8, 4) is 5.75 Å². The van der Waals surface area contributed by atoms with Crippen LogP contribution in [0.4, 0.5) is 18.9 Å². The van der Waals surface area contributed by atoms with Crippen molar-refractivity contribution in [3.63, 3.8) is 0 Å². The standard InChI is InChI=1S/C15H17F3N2O4S/c1-2-25(22,23)20-12-4-3-10(9-12)14(21)19-11-5-7-13(8-6-11)24-15(16,17)18/h2,5-8,10,12,20H,1,3-4,9H2,(H,19,21)/t10-,12+/m0/s1. The Bertz CT molecular complexity index is 732. The Hall–Kier alpha value is -2.07. The van der Waals surface area contributed by atoms with Crippen LogP contribution in [0.3, 0.4) is 0 Å². The van der Waals surface area contributed by atoms with Crippen molar-refractivity contribution in [2.75, 3.05) is 5.32 Å². The van der Waals surface area contributed by atoms with Crippen LogP contribution in [0.15, 0.2) is 36.3 Å². The molecule has 25 heavy (non-hydrogen) atoms. The molecule has 1 aliphatic carbocycles. The van der Waals surface area contributed by atoms with Gasteiger partial charge in [0.05, 0.1) is 0 Å². The second kappa shape index (κ2) is 7.44. The van der Waals surface area contributed by atoms with E-state index >= 15 is 0 Å². The van der Waals surface area contributed by atoms with E-state index in [1.165, 1.54) is 12.1 Å². The zero-order valence-corrected chi connectivity index (χ0v) is 13.9. The van der Waals surface area contributed by atoms with Crippen molar-refractivity contribution < 1.29 is 31.1 Å². The summed E-state index contributed by atoms with van der Waals surface area (Å²) in [5.74, 6) is -1.08. The van der Waals surface area contributed by atoms with Gasteiger partial charge in [0.25, 0.3) is 0 Å². The molecule has 1 aliphatic rings. The Morgan fingerprint density at radius 2 is 1.88 bits per heavy atom. The highest BCUT2D eigenvalue weighted by molar-refractivity contribution is 7.92. The molecule has 0 spiro atoms. The highest BCUT2D eigenvalue weighted by atomic mass is 32.2. The Balaban J connectivity index is 1.89. The zero-order valence-electron chi connectivity index (χ0n) is 13.0. The number of carbonyl (C=O) groups excluding carboxylic acids is 1. The highest BCUT2D eigenvalue weighted by Gasteiger charge is 2.32. The number of nitrogens with one attached hydrogen (secondary N) is 2. The van der Waals surface area contributed by atoms with E-state index in [1.54, 1.807) is 0 Å². The number of anilines is 1. The third-order valence-electron chi connectivity index (χ3n) is 3.71. The summed E-state index contributed by atoms with van der Waals surface area (Å²) in [5, 5.41) is 3.41. The molecule has 138 valence electrons. The van der Waals surface area contributed by atoms with Gasteiger partial charge >= 0.3 is 6.36 Å². The van der Waals surface area contributed by atoms with Gasteiger partial charge in [-0.15, -0.1) is 13.2 Å². The number of carbonyl (C=O) groups is 1. The number of amides is 1. The van der Waals surface area contributed by atoms with Crippen LogP contribution in [0.1, 0.15) is 19.3 Å². The van der Waals surface area contributed by atoms with E-state index < -0.39 is 16.4 Å². The average Bonchev–Trinajstić information content (AvgIpc) is 2.95. The minimum atomic E-state index is -4.78. The van der Waals surface area contributed by atoms with Crippen molar-refractivity contribution in [3.05, 3.63) is 36.3 Å². The average molecular weight is 378 g/mol. The summed E-state index contributed by atoms with van der Waals surface area (Å²) in [6.07, 6.45) is -3.41. The Morgan fingerprint density at radius 3 is 2.44 bits per heavy atom. The Kier molecular flexibility index (Phi) is 5.73. The molecule has 0 heterocycles. The third kappa shape index (κ3) is 6.05. The number of rotatable bonds is 6. The molecular formula is C15H17F3N2O4S. The quantitative estimate of drug-likeness (QED) is 0.797. The molecule has 6 nitrogen and oxygen atoms in total. The summed E-state index contributed by atoms with van der Waals surface area (Å²) in [4.78, 5) is 12.2. The van der Waals surface area contributed by atoms with Gasteiger partial charge in [0.2, 0.25) is 15.9 Å². The summed E-state index contributed by atoms with van der Waals surface area (Å²) in [6.45, 7) is 3.20. The summed E-state index contributed by atoms with van der Waals surface area (Å²) in [7, 11) is -3.55. The lowest BCUT2D eigenvalue weighted by Crippen LogP contribution is -2.32. The molecular weight excluding hydrogens is 361 g/mol. The van der Waals surface area contributed by atoms with Crippen molar-refractivity contribution in [1.29, 1.82) is 0 Å². The van der Waals surface area contributed by atoms with Gasteiger partial charge in [-0.25, -0.2) is 13.1 Å². The van der Waals surface area contributed by atoms with Gasteiger partial charge in [0, 0.05) is 23.1 Å². The number of sulfonamides is 1. The number of hydrogen-bond donors (Lipinski definition) is 2. The maximum absolute atomic E-state index is 12.2. The lowest BCUT2D eigenvalue weighted by molar-refractivity contribution is -0.274. The van der Waals surface area contributed by atoms with Gasteiger partial charge in [0.15, 0.2) is 0 Å². The molecule has 2 atom stereocenters. The fourth-order valence-electron chi connectivity index (χ4n) is 2.59. The first kappa shape index (κ1) is 19.3. The molecule has 0 radical (unpaired) electrons. The van der Waals surface area contributed by atoms with Crippen molar-refractivity contribution in [1.82, 2.24) is 4.72 Å². The van der Waals surface area contributed by atoms with Crippen LogP contribution in [-0.4, -0.2) is 26.7 Å². The lowest BCUT2D eigenvalue weighted by Gasteiger charge is -2.13. The van der Waals surface area contributed by atoms with Crippen LogP contribution in [0.2, 0.25) is 0 Å². The normalized spacial score (nSPS) is 20.9. The molecule has 2 N–H and O–H groups in total. The number of ether oxygens (including phenoxy) is 1. The summed E-state index contributed by atoms with van der Waals surface area (Å²) < 4.78 is 65.3. The fraction of sp³-hybridized carbons (Fsp3) is 0.400. The van der Waals surface area contributed by atoms with E-state index in [0.29, 0.717) is 24.9 Å². The molecule has 0 unspecified atom stereocenters. The molecule has 1 aromatic carbocycles. The fourth-order valence-corrected chi connectivity index (χ4v) is 3.37. The van der Waals surface area contributed by atoms with Crippen LogP contribution >= 0.6 is 0 Å². The minimum Gasteiger partial charge on any atom is -0.406 e. The summed E-state index contributed by atoms with van der Waals surface area (Å²) >= 11 is 0. The smallest absolute Gasteiger partial charge is 0.406 e. The third-order valence-corrected chi connectivity index (χ3v) is 4.81. The van der Waals surface area contributed by atoms with Gasteiger partial charge in [-0.05, 0) is 43.5 Å². The molecule has 1 fully saturated rings. The topological polar surface area (TPSA) is 84.5 Å². The summed E-state index contributed by atoms with van der Waals surface area (Å²) in [5.41, 5.74) is 0.328. The molecule has 2 rings (SSSR count). The maximum Gasteiger partial charge on any atom is 0.573 e. The lowest BCUT2D eigenvalue weighted by atomic mass is 10.1. The van der Waals surface area contributed by atoms with E-state index in [1.807, 2.05) is 0 Å². The molecule has 1 aromatic rings. The van der Waals surface area contributed by atoms with Gasteiger partial charge < -0.3 is 10.1 Å². The van der Waals surface area contributed by atoms with Gasteiger partial charge in [-0.3, -0.25) is 4.79 Å². The van der Waals surface area contributed by atoms with Crippen LogP contribution in [-0.2, 0) is 14.8 Å². The number of hydrogen-bond acceptors (Lipinski definition) is 4. The van der Waals surface area contributed by atoms with Crippen LogP contribution in [0.5, 0.6) is 5.75 Å². The second-order valence-corrected chi connectivity index (χ2v) is 7.26. The molecule has 0 bridgehead atoms. The molecule has 0 saturated heterocycles. The predicted octanol–water partition coefficient (Wildman–Crippen LogP) is 2.76. The van der Waals surface area contributed by atoms with E-state index in [0.717, 1.165) is 17.5 Å². The largest absolute Gasteiger partial charge is 0.573 e. The minimum absolute atomic E-state index is 0.315. The van der Waals surface area contributed by atoms with Crippen LogP contribution < -0.4 is 14.8 Å². The van der Waals surface area contributed by atoms with E-state index in [4.69, 9.17) is 0 Å². The second-order valence-electron chi connectivity index (χ2n) is 5.60. The van der Waals surface area contributed by atoms with E-state index in [2.05, 4.69) is 21.4 Å². The molecule has 1 amide bonds. The van der Waals surface area contributed by atoms with Gasteiger partial charge in [-0.2, -0.15) is 0 Å². The number of halogens is 3. The first-order valence-corrected chi connectivity index (χ1v) is 8.94. The molecule has 0 aliphatic heterocycles. The van der Waals surface area contributed by atoms with Crippen molar-refractivity contribution in [2.45, 2.75) is 31.7 Å². The number of alkyl halides is 3. The Morgan fingerprint density at radius 1 is 1.24 bits per heavy atom. The van der Waals surface area contributed by atoms with E-state index in [9.17, 15) is 26.4 Å². The van der Waals surface area contributed by atoms with Gasteiger partial charge in [0.1, 0.15) is 5.75 Å². The summed E-state index contributed by atoms with van der Waals surface area (Å²) in [6, 6.07) is 4.44. The zero-order chi connectivity index (χ0) is 18.7. The van der Waals surface area contributed by atoms with Crippen LogP contribution in [0, 0.1) is 5.92 Å². The number of benzene rings is 1. The first-order valence-electron chi connectivity index (χ1n) is 7.39. The van der Waals surface area contributed by atoms with Crippen molar-refractivity contribution >= 4 is 21.6 Å². The highest BCUT2D eigenvalue weighted by Crippen LogP contribution is 2.28. The van der Waals surface area contributed by atoms with Gasteiger partial charge in [-0.1, -0.05) is 6.58 Å². The molecule has 10 heteroatoms. The van der Waals surface area contributed by atoms with E-state index in [-0.39, 0.29) is 23.6 Å². The SMILES string of the molecule is C=CS(=O)(=O)N[C@@H]1CC[C@H](C(=O)Nc2ccc(OC(F)(F)F)cc2)C1. The predicted molar refractivity (Wildman–Crippen MR) is 85.1 cm³/mol. The maximum atomic E-state index is 12.2. The Labute approximate surface area is 143 Å². The van der Waals surface area contributed by atoms with Crippen molar-refractivity contribution in [2.24, 2.45) is 5.92 Å². The molecule has 0 aromatic heterocycles.